The quantitative estimate of drug-likeness (QED) is 0.166. The van der Waals surface area contributed by atoms with Gasteiger partial charge in [-0.15, -0.1) is 0 Å². The zero-order valence-electron chi connectivity index (χ0n) is 48.7. The van der Waals surface area contributed by atoms with Gasteiger partial charge in [-0.3, -0.25) is 24.4 Å². The van der Waals surface area contributed by atoms with E-state index >= 15 is 0 Å². The SMILES string of the molecule is CN1C(=O)CCc2ccc(Br)cc21.C[C@@H]1OCC2(CCN(c3cnc4c(n3)CN=C4N3CC(=O)N(C)c4cc(Br)ccc43)CC2)[C@@H]1N.S.S.S.S.[C-]#[N+]c1ccc2c(c1)N(C)C(=O)CN2C1=NCc2nc(N3CCC4(CC3)CO[C@@H](C)[C@H]4N)cnc21. The normalized spacial score (nSPS) is 22.7. The van der Waals surface area contributed by atoms with Crippen LogP contribution in [0, 0.1) is 17.4 Å². The van der Waals surface area contributed by atoms with E-state index in [2.05, 4.69) is 66.4 Å². The number of aryl methyl sites for hydroxylation is 1. The minimum Gasteiger partial charge on any atom is -0.376 e. The molecule has 0 saturated carbocycles. The summed E-state index contributed by atoms with van der Waals surface area (Å²) in [5, 5.41) is 0. The number of amidine groups is 2. The number of carbonyl (C=O) groups excluding carboxylic acids is 3. The van der Waals surface area contributed by atoms with Gasteiger partial charge in [-0.05, 0) is 94.0 Å². The number of likely N-dealkylation sites (N-methyl/N-ethyl adjacent to an activating group) is 2. The van der Waals surface area contributed by atoms with Crippen molar-refractivity contribution in [2.24, 2.45) is 32.3 Å². The summed E-state index contributed by atoms with van der Waals surface area (Å²) < 4.78 is 13.6. The standard InChI is InChI=1S/C25H28N8O2.C24H28BrN7O2.C10H10BrNO.4H2S/c1-15-23(26)25(14-35-15)6-8-32(9-7-25)20-12-28-22-17(30-20)11-29-24(22)33-13-21(34)31(3)19-10-16(27-2)4-5-18(19)33;1-14-22(26)24(13-34-14)5-7-31(8-6-24)19-11-27-21-16(29-19)10-28-23(21)32-12-20(33)30(2)18-9-15(25)3-4-17(18)32;1-12-9-6-8(11)4-2-7(9)3-5-10(12)13;;;;/h4-5,10,12,15,23H,6-9,11,13-14,26H2,1,3H3;3-4,9,11,14,22H,5-8,10,12-13,26H2,1-2H3;2,4,6H,3,5H2,1H3;4*1H2/t15-,23+;14-,22+;;;;;/m00...../s1. The highest BCUT2D eigenvalue weighted by Crippen LogP contribution is 2.45. The summed E-state index contributed by atoms with van der Waals surface area (Å²) in [6, 6.07) is 17.6. The van der Waals surface area contributed by atoms with Gasteiger partial charge in [0.25, 0.3) is 0 Å². The lowest BCUT2D eigenvalue weighted by atomic mass is 9.73. The number of rotatable bonds is 2. The number of aromatic nitrogens is 4. The van der Waals surface area contributed by atoms with E-state index in [0.717, 1.165) is 132 Å². The predicted molar refractivity (Wildman–Crippen MR) is 365 cm³/mol. The van der Waals surface area contributed by atoms with Crippen molar-refractivity contribution < 1.29 is 23.9 Å². The van der Waals surface area contributed by atoms with E-state index in [0.29, 0.717) is 48.3 Å². The highest BCUT2D eigenvalue weighted by molar-refractivity contribution is 9.10. The van der Waals surface area contributed by atoms with Gasteiger partial charge in [0.15, 0.2) is 17.4 Å². The molecule has 21 nitrogen and oxygen atoms in total. The topological polar surface area (TPSA) is 225 Å². The second-order valence-corrected chi connectivity index (χ2v) is 24.7. The number of benzene rings is 3. The maximum Gasteiger partial charge on any atom is 0.246 e. The number of fused-ring (bicyclic) bond motifs is 5. The van der Waals surface area contributed by atoms with Gasteiger partial charge in [0, 0.05) is 91.3 Å². The van der Waals surface area contributed by atoms with E-state index in [1.54, 1.807) is 40.9 Å². The fraction of sp³-hybridized carbons (Fsp3) is 0.458. The first kappa shape index (κ1) is 66.4. The third-order valence-electron chi connectivity index (χ3n) is 18.3. The van der Waals surface area contributed by atoms with Crippen molar-refractivity contribution in [1.29, 1.82) is 0 Å². The molecule has 0 unspecified atom stereocenters. The number of hydrogen-bond acceptors (Lipinski definition) is 17. The van der Waals surface area contributed by atoms with Crippen molar-refractivity contribution in [3.63, 3.8) is 0 Å². The number of halogens is 2. The lowest BCUT2D eigenvalue weighted by Gasteiger charge is -2.41. The van der Waals surface area contributed by atoms with E-state index in [1.165, 1.54) is 5.56 Å². The first-order valence-electron chi connectivity index (χ1n) is 27.9. The number of nitrogens with zero attached hydrogens (tertiary/aromatic N) is 14. The second kappa shape index (κ2) is 26.7. The molecule has 0 radical (unpaired) electrons. The minimum absolute atomic E-state index is 0. The lowest BCUT2D eigenvalue weighted by molar-refractivity contribution is -0.119. The molecule has 27 heteroatoms. The van der Waals surface area contributed by atoms with Crippen molar-refractivity contribution in [2.75, 3.05) is 108 Å². The molecule has 14 rings (SSSR count). The fourth-order valence-electron chi connectivity index (χ4n) is 12.9. The molecule has 4 atom stereocenters. The maximum absolute atomic E-state index is 12.7. The molecule has 9 aliphatic rings. The number of ether oxygens (including phenoxy) is 2. The summed E-state index contributed by atoms with van der Waals surface area (Å²) in [5.74, 6) is 3.24. The number of piperidine rings is 2. The van der Waals surface area contributed by atoms with E-state index in [9.17, 15) is 14.4 Å². The molecule has 458 valence electrons. The average Bonchev–Trinajstić information content (AvgIpc) is 1.76. The number of aliphatic imine (C=N–C) groups is 2. The van der Waals surface area contributed by atoms with Crippen LogP contribution in [0.25, 0.3) is 4.85 Å². The van der Waals surface area contributed by atoms with E-state index < -0.39 is 0 Å². The Morgan fingerprint density at radius 2 is 1.01 bits per heavy atom. The Bertz CT molecular complexity index is 3530. The first-order chi connectivity index (χ1) is 39.4. The number of nitrogens with two attached hydrogens (primary N) is 2. The van der Waals surface area contributed by atoms with Crippen molar-refractivity contribution in [1.82, 2.24) is 19.9 Å². The molecular formula is C59H74Br2N16O5S4. The fourth-order valence-corrected chi connectivity index (χ4v) is 13.6. The molecule has 3 amide bonds. The first-order valence-corrected chi connectivity index (χ1v) is 29.5. The molecule has 4 fully saturated rings. The highest BCUT2D eigenvalue weighted by Gasteiger charge is 2.49. The van der Waals surface area contributed by atoms with Gasteiger partial charge in [0.1, 0.15) is 36.1 Å². The number of hydrogen-bond donors (Lipinski definition) is 2. The smallest absolute Gasteiger partial charge is 0.246 e. The van der Waals surface area contributed by atoms with Crippen LogP contribution in [-0.2, 0) is 43.4 Å². The Hall–Kier alpha value is -5.54. The third kappa shape index (κ3) is 12.2. The Labute approximate surface area is 546 Å². The molecule has 4 N–H and O–H groups in total. The lowest BCUT2D eigenvalue weighted by Crippen LogP contribution is -2.50. The van der Waals surface area contributed by atoms with E-state index in [-0.39, 0.29) is 120 Å². The van der Waals surface area contributed by atoms with Crippen molar-refractivity contribution in [3.05, 3.63) is 116 Å². The van der Waals surface area contributed by atoms with Gasteiger partial charge in [0.2, 0.25) is 17.7 Å². The van der Waals surface area contributed by atoms with Crippen LogP contribution < -0.4 is 45.8 Å². The Morgan fingerprint density at radius 3 is 1.47 bits per heavy atom. The van der Waals surface area contributed by atoms with Crippen LogP contribution in [0.3, 0.4) is 0 Å². The summed E-state index contributed by atoms with van der Waals surface area (Å²) in [6.07, 6.45) is 9.32. The number of amides is 3. The second-order valence-electron chi connectivity index (χ2n) is 22.8. The molecule has 11 heterocycles. The summed E-state index contributed by atoms with van der Waals surface area (Å²) in [5.41, 5.74) is 22.3. The molecular weight excluding hydrogens is 1300 g/mol. The summed E-state index contributed by atoms with van der Waals surface area (Å²) in [4.78, 5) is 82.6. The zero-order chi connectivity index (χ0) is 57.4. The van der Waals surface area contributed by atoms with Crippen LogP contribution in [0.1, 0.15) is 74.3 Å². The third-order valence-corrected chi connectivity index (χ3v) is 19.3. The summed E-state index contributed by atoms with van der Waals surface area (Å²) in [7, 11) is 5.36. The van der Waals surface area contributed by atoms with Crippen LogP contribution in [0.4, 0.5) is 45.8 Å². The van der Waals surface area contributed by atoms with Crippen LogP contribution in [0.5, 0.6) is 0 Å². The number of anilines is 7. The number of carbonyl (C=O) groups is 3. The predicted octanol–water partition coefficient (Wildman–Crippen LogP) is 7.23. The van der Waals surface area contributed by atoms with Crippen LogP contribution >= 0.6 is 85.8 Å². The Kier molecular flexibility index (Phi) is 20.6. The highest BCUT2D eigenvalue weighted by atomic mass is 79.9. The van der Waals surface area contributed by atoms with E-state index in [1.807, 2.05) is 65.6 Å². The molecule has 86 heavy (non-hydrogen) atoms. The van der Waals surface area contributed by atoms with Gasteiger partial charge >= 0.3 is 0 Å². The molecule has 4 saturated heterocycles. The van der Waals surface area contributed by atoms with E-state index in [4.69, 9.17) is 57.4 Å². The van der Waals surface area contributed by atoms with Gasteiger partial charge in [0.05, 0.1) is 91.6 Å². The summed E-state index contributed by atoms with van der Waals surface area (Å²) >= 11 is 6.91. The maximum atomic E-state index is 12.7. The van der Waals surface area contributed by atoms with Crippen LogP contribution in [-0.4, -0.2) is 147 Å². The molecule has 9 aliphatic heterocycles. The van der Waals surface area contributed by atoms with Crippen molar-refractivity contribution >= 4 is 161 Å². The van der Waals surface area contributed by atoms with Gasteiger partial charge < -0.3 is 55.2 Å². The van der Waals surface area contributed by atoms with Crippen LogP contribution in [0.15, 0.2) is 85.9 Å². The Balaban J connectivity index is 0.000000178. The molecule has 0 bridgehead atoms. The van der Waals surface area contributed by atoms with Gasteiger partial charge in [-0.1, -0.05) is 44.0 Å². The van der Waals surface area contributed by atoms with Crippen molar-refractivity contribution in [3.8, 4) is 0 Å². The summed E-state index contributed by atoms with van der Waals surface area (Å²) in [6.45, 7) is 17.7. The van der Waals surface area contributed by atoms with Crippen molar-refractivity contribution in [2.45, 2.75) is 89.8 Å². The van der Waals surface area contributed by atoms with Gasteiger partial charge in [-0.25, -0.2) is 24.8 Å². The molecule has 2 spiro atoms. The monoisotopic (exact) mass is 1370 g/mol. The minimum atomic E-state index is -0.0639. The molecule has 3 aromatic carbocycles. The molecule has 0 aliphatic carbocycles. The molecule has 2 aromatic heterocycles. The zero-order valence-corrected chi connectivity index (χ0v) is 55.9. The molecule has 5 aromatic rings. The largest absolute Gasteiger partial charge is 0.376 e. The Morgan fingerprint density at radius 1 is 0.581 bits per heavy atom. The van der Waals surface area contributed by atoms with Gasteiger partial charge in [-0.2, -0.15) is 54.0 Å². The van der Waals surface area contributed by atoms with Crippen LogP contribution in [0.2, 0.25) is 0 Å². The average molecular weight is 1380 g/mol.